The smallest absolute Gasteiger partial charge is 0.343 e. The van der Waals surface area contributed by atoms with E-state index in [1.165, 1.54) is 0 Å². The maximum atomic E-state index is 12.7. The summed E-state index contributed by atoms with van der Waals surface area (Å²) in [6.45, 7) is -0.671. The second-order valence-electron chi connectivity index (χ2n) is 9.00. The van der Waals surface area contributed by atoms with Gasteiger partial charge in [0.25, 0.3) is 0 Å². The van der Waals surface area contributed by atoms with Crippen molar-refractivity contribution in [2.45, 2.75) is 92.5 Å². The van der Waals surface area contributed by atoms with Gasteiger partial charge in [-0.3, -0.25) is 0 Å². The lowest BCUT2D eigenvalue weighted by molar-refractivity contribution is -0.301. The second kappa shape index (κ2) is 9.30. The van der Waals surface area contributed by atoms with Crippen LogP contribution in [0.1, 0.15) is 44.9 Å². The summed E-state index contributed by atoms with van der Waals surface area (Å²) in [5, 5.41) is 41.9. The minimum atomic E-state index is -2.01. The Bertz CT molecular complexity index is 686. The van der Waals surface area contributed by atoms with Crippen molar-refractivity contribution in [2.24, 2.45) is 5.92 Å². The number of hydrogen-bond donors (Lipinski definition) is 5. The molecule has 0 aromatic carbocycles. The van der Waals surface area contributed by atoms with Crippen LogP contribution in [0.25, 0.3) is 0 Å². The number of halogens is 1. The van der Waals surface area contributed by atoms with E-state index in [0.717, 1.165) is 25.7 Å². The summed E-state index contributed by atoms with van der Waals surface area (Å²) in [7, 11) is 0. The van der Waals surface area contributed by atoms with Crippen LogP contribution in [0.15, 0.2) is 0 Å². The highest BCUT2D eigenvalue weighted by Gasteiger charge is 2.61. The number of rotatable bonds is 6. The molecule has 32 heavy (non-hydrogen) atoms. The number of carbonyl (C=O) groups excluding carboxylic acids is 2. The third-order valence-electron chi connectivity index (χ3n) is 6.80. The number of nitrogens with one attached hydrogen (secondary N) is 1. The average Bonchev–Trinajstić information content (AvgIpc) is 3.12. The van der Waals surface area contributed by atoms with Crippen molar-refractivity contribution in [1.82, 2.24) is 5.32 Å². The molecule has 1 unspecified atom stereocenters. The normalized spacial score (nSPS) is 46.6. The van der Waals surface area contributed by atoms with Crippen LogP contribution in [-0.2, 0) is 28.5 Å². The molecule has 182 valence electrons. The van der Waals surface area contributed by atoms with Gasteiger partial charge in [0.15, 0.2) is 6.29 Å². The predicted molar refractivity (Wildman–Crippen MR) is 106 cm³/mol. The topological polar surface area (TPSA) is 164 Å². The van der Waals surface area contributed by atoms with Crippen molar-refractivity contribution in [2.75, 3.05) is 13.2 Å². The van der Waals surface area contributed by atoms with E-state index in [2.05, 4.69) is 5.32 Å². The summed E-state index contributed by atoms with van der Waals surface area (Å²) < 4.78 is 21.6. The lowest BCUT2D eigenvalue weighted by Gasteiger charge is -2.40. The minimum absolute atomic E-state index is 0.0920. The summed E-state index contributed by atoms with van der Waals surface area (Å²) in [6.07, 6.45) is -2.56. The third-order valence-corrected chi connectivity index (χ3v) is 7.30. The van der Waals surface area contributed by atoms with E-state index in [1.54, 1.807) is 0 Å². The standard InChI is InChI=1S/C20H30ClNO10/c21-19(6-3-7-29-16-15(26)14(25)13(24)12(9-23)30-16)17(27)31-20(32-18(19)28)8-10-4-1-2-5-11(10)22-20/h10-16,22-26H,1-9H2/t10-,11+,12+,13-,14-,15+,16?,19?,20?/m0/s1. The van der Waals surface area contributed by atoms with E-state index >= 15 is 0 Å². The molecule has 0 amide bonds. The number of esters is 2. The zero-order chi connectivity index (χ0) is 23.1. The van der Waals surface area contributed by atoms with Gasteiger partial charge in [-0.05, 0) is 31.6 Å². The molecule has 0 aromatic heterocycles. The predicted octanol–water partition coefficient (Wildman–Crippen LogP) is -1.13. The molecule has 1 spiro atoms. The van der Waals surface area contributed by atoms with E-state index in [0.29, 0.717) is 6.42 Å². The van der Waals surface area contributed by atoms with Crippen LogP contribution in [-0.4, -0.2) is 93.1 Å². The van der Waals surface area contributed by atoms with Crippen molar-refractivity contribution in [3.8, 4) is 0 Å². The monoisotopic (exact) mass is 479 g/mol. The van der Waals surface area contributed by atoms with Crippen LogP contribution in [0.2, 0.25) is 0 Å². The summed E-state index contributed by atoms with van der Waals surface area (Å²) in [5.74, 6) is -2.94. The number of aliphatic hydroxyl groups is 4. The van der Waals surface area contributed by atoms with E-state index in [-0.39, 0.29) is 31.4 Å². The Morgan fingerprint density at radius 2 is 1.75 bits per heavy atom. The molecule has 5 N–H and O–H groups in total. The fourth-order valence-electron chi connectivity index (χ4n) is 4.96. The van der Waals surface area contributed by atoms with Gasteiger partial charge in [0.1, 0.15) is 24.4 Å². The van der Waals surface area contributed by atoms with Crippen LogP contribution in [0, 0.1) is 5.92 Å². The highest BCUT2D eigenvalue weighted by molar-refractivity contribution is 6.45. The van der Waals surface area contributed by atoms with Gasteiger partial charge in [-0.1, -0.05) is 24.4 Å². The van der Waals surface area contributed by atoms with Gasteiger partial charge < -0.3 is 39.4 Å². The molecule has 4 rings (SSSR count). The van der Waals surface area contributed by atoms with Crippen molar-refractivity contribution >= 4 is 23.5 Å². The second-order valence-corrected chi connectivity index (χ2v) is 9.65. The third kappa shape index (κ3) is 4.37. The van der Waals surface area contributed by atoms with Crippen molar-refractivity contribution in [1.29, 1.82) is 0 Å². The first-order chi connectivity index (χ1) is 15.2. The number of fused-ring (bicyclic) bond motifs is 1. The zero-order valence-corrected chi connectivity index (χ0v) is 18.3. The Kier molecular flexibility index (Phi) is 7.00. The molecule has 11 nitrogen and oxygen atoms in total. The van der Waals surface area contributed by atoms with Gasteiger partial charge in [0, 0.05) is 19.1 Å². The van der Waals surface area contributed by atoms with Crippen LogP contribution < -0.4 is 5.32 Å². The van der Waals surface area contributed by atoms with Crippen molar-refractivity contribution in [3.05, 3.63) is 0 Å². The van der Waals surface area contributed by atoms with E-state index in [9.17, 15) is 30.0 Å². The number of carbonyl (C=O) groups is 2. The first-order valence-corrected chi connectivity index (χ1v) is 11.4. The molecule has 4 aliphatic rings. The Morgan fingerprint density at radius 3 is 2.41 bits per heavy atom. The zero-order valence-electron chi connectivity index (χ0n) is 17.5. The number of hydrogen-bond acceptors (Lipinski definition) is 11. The highest BCUT2D eigenvalue weighted by atomic mass is 35.5. The van der Waals surface area contributed by atoms with E-state index in [1.807, 2.05) is 0 Å². The maximum Gasteiger partial charge on any atom is 0.343 e. The van der Waals surface area contributed by atoms with Gasteiger partial charge in [-0.15, -0.1) is 0 Å². The fourth-order valence-corrected chi connectivity index (χ4v) is 5.17. The summed E-state index contributed by atoms with van der Waals surface area (Å²) in [5.41, 5.74) is 0. The van der Waals surface area contributed by atoms with E-state index < -0.39 is 60.0 Å². The van der Waals surface area contributed by atoms with E-state index in [4.69, 9.17) is 30.5 Å². The molecule has 0 aromatic rings. The molecule has 12 heteroatoms. The molecule has 1 aliphatic carbocycles. The number of ether oxygens (including phenoxy) is 4. The largest absolute Gasteiger partial charge is 0.407 e. The highest BCUT2D eigenvalue weighted by Crippen LogP contribution is 2.44. The molecule has 1 saturated carbocycles. The SMILES string of the molecule is O=C1OC2(C[C@@H]3CCCC[C@H]3N2)OC(=O)C1(Cl)CCCOC1O[C@H](CO)[C@H](O)[C@H](O)[C@H]1O. The summed E-state index contributed by atoms with van der Waals surface area (Å²) >= 11 is 6.31. The van der Waals surface area contributed by atoms with Crippen LogP contribution in [0.3, 0.4) is 0 Å². The van der Waals surface area contributed by atoms with Gasteiger partial charge in [0.2, 0.25) is 4.87 Å². The molecule has 0 bridgehead atoms. The van der Waals surface area contributed by atoms with Gasteiger partial charge >= 0.3 is 17.8 Å². The van der Waals surface area contributed by atoms with Gasteiger partial charge in [-0.25, -0.2) is 14.9 Å². The minimum Gasteiger partial charge on any atom is -0.407 e. The Hall–Kier alpha value is -1.05. The number of aliphatic hydroxyl groups excluding tert-OH is 4. The Balaban J connectivity index is 1.29. The molecule has 3 saturated heterocycles. The first-order valence-electron chi connectivity index (χ1n) is 11.0. The molecule has 3 heterocycles. The summed E-state index contributed by atoms with van der Waals surface area (Å²) in [4.78, 5) is 23.4. The average molecular weight is 480 g/mol. The molecular formula is C20H30ClNO10. The van der Waals surface area contributed by atoms with Crippen molar-refractivity contribution in [3.63, 3.8) is 0 Å². The fraction of sp³-hybridized carbons (Fsp3) is 0.900. The summed E-state index contributed by atoms with van der Waals surface area (Å²) in [6, 6.07) is 0.138. The van der Waals surface area contributed by atoms with Crippen LogP contribution >= 0.6 is 11.6 Å². The Labute approximate surface area is 189 Å². The van der Waals surface area contributed by atoms with Crippen molar-refractivity contribution < 1.29 is 49.0 Å². The molecular weight excluding hydrogens is 450 g/mol. The lowest BCUT2D eigenvalue weighted by atomic mass is 9.85. The number of alkyl halides is 1. The van der Waals surface area contributed by atoms with Crippen LogP contribution in [0.4, 0.5) is 0 Å². The van der Waals surface area contributed by atoms with Gasteiger partial charge in [-0.2, -0.15) is 0 Å². The quantitative estimate of drug-likeness (QED) is 0.135. The molecule has 3 aliphatic heterocycles. The molecule has 4 fully saturated rings. The first kappa shape index (κ1) is 24.1. The lowest BCUT2D eigenvalue weighted by Crippen LogP contribution is -2.62. The molecule has 7 atom stereocenters. The van der Waals surface area contributed by atoms with Crippen LogP contribution in [0.5, 0.6) is 0 Å². The maximum absolute atomic E-state index is 12.7. The van der Waals surface area contributed by atoms with Gasteiger partial charge in [0.05, 0.1) is 6.61 Å². The Morgan fingerprint density at radius 1 is 1.06 bits per heavy atom. The molecule has 0 radical (unpaired) electrons.